The van der Waals surface area contributed by atoms with Gasteiger partial charge in [-0.2, -0.15) is 0 Å². The van der Waals surface area contributed by atoms with Crippen molar-refractivity contribution in [3.8, 4) is 0 Å². The number of carbonyl (C=O) groups excluding carboxylic acids is 2. The molecule has 0 saturated carbocycles. The van der Waals surface area contributed by atoms with Crippen LogP contribution in [0.25, 0.3) is 0 Å². The molecule has 0 radical (unpaired) electrons. The van der Waals surface area contributed by atoms with Gasteiger partial charge < -0.3 is 9.47 Å². The second-order valence-corrected chi connectivity index (χ2v) is 5.03. The maximum Gasteiger partial charge on any atom is 0.324 e. The van der Waals surface area contributed by atoms with E-state index >= 15 is 0 Å². The molecule has 1 aromatic rings. The predicted molar refractivity (Wildman–Crippen MR) is 76.4 cm³/mol. The first-order valence-corrected chi connectivity index (χ1v) is 6.81. The highest BCUT2D eigenvalue weighted by atomic mass is 16.2. The largest absolute Gasteiger partial charge is 0.324 e. The second-order valence-electron chi connectivity index (χ2n) is 5.03. The van der Waals surface area contributed by atoms with Crippen molar-refractivity contribution in [1.29, 1.82) is 0 Å². The number of amides is 3. The van der Waals surface area contributed by atoms with Crippen LogP contribution in [0.1, 0.15) is 39.7 Å². The van der Waals surface area contributed by atoms with Crippen molar-refractivity contribution in [1.82, 2.24) is 14.8 Å². The lowest BCUT2D eigenvalue weighted by Crippen LogP contribution is -2.49. The van der Waals surface area contributed by atoms with Crippen LogP contribution < -0.4 is 10.9 Å². The van der Waals surface area contributed by atoms with Gasteiger partial charge in [-0.15, -0.1) is 0 Å². The third kappa shape index (κ3) is 2.89. The zero-order valence-corrected chi connectivity index (χ0v) is 11.8. The molecule has 6 heteroatoms. The van der Waals surface area contributed by atoms with Gasteiger partial charge in [-0.25, -0.2) is 4.79 Å². The zero-order chi connectivity index (χ0) is 14.7. The SMILES string of the molecule is CCC(C)n1cccc(CN2CCC(=O)NC2=O)c1=O.[HH]. The number of pyridine rings is 1. The standard InChI is InChI=1S/C14H19N3O3.H2/c1-3-10(2)17-7-4-5-11(13(17)19)9-16-8-6-12(18)15-14(16)20;/h4-5,7,10H,3,6,8-9H2,1-2H3,(H,15,18,20);1H. The van der Waals surface area contributed by atoms with Gasteiger partial charge in [0.2, 0.25) is 5.91 Å². The predicted octanol–water partition coefficient (Wildman–Crippen LogP) is 1.51. The number of imide groups is 1. The molecular formula is C14H21N3O3. The fraction of sp³-hybridized carbons (Fsp3) is 0.500. The number of urea groups is 1. The van der Waals surface area contributed by atoms with E-state index in [1.807, 2.05) is 19.9 Å². The van der Waals surface area contributed by atoms with Crippen molar-refractivity contribution in [3.05, 3.63) is 34.2 Å². The van der Waals surface area contributed by atoms with E-state index in [1.54, 1.807) is 16.8 Å². The molecule has 1 N–H and O–H groups in total. The molecule has 110 valence electrons. The Kier molecular flexibility index (Phi) is 4.22. The number of nitrogens with one attached hydrogen (secondary N) is 1. The van der Waals surface area contributed by atoms with Crippen LogP contribution in [0.5, 0.6) is 0 Å². The minimum absolute atomic E-state index is 0. The van der Waals surface area contributed by atoms with Crippen molar-refractivity contribution < 1.29 is 11.0 Å². The fourth-order valence-electron chi connectivity index (χ4n) is 2.18. The molecule has 6 nitrogen and oxygen atoms in total. The Bertz CT molecular complexity index is 585. The highest BCUT2D eigenvalue weighted by Gasteiger charge is 2.23. The van der Waals surface area contributed by atoms with Crippen molar-refractivity contribution in [2.75, 3.05) is 6.54 Å². The Hall–Kier alpha value is -2.11. The van der Waals surface area contributed by atoms with Gasteiger partial charge in [-0.1, -0.05) is 13.0 Å². The topological polar surface area (TPSA) is 71.4 Å². The van der Waals surface area contributed by atoms with E-state index < -0.39 is 6.03 Å². The minimum Gasteiger partial charge on any atom is -0.319 e. The summed E-state index contributed by atoms with van der Waals surface area (Å²) in [5, 5.41) is 2.26. The number of nitrogens with zero attached hydrogens (tertiary/aromatic N) is 2. The van der Waals surface area contributed by atoms with Gasteiger partial charge in [-0.3, -0.25) is 14.9 Å². The van der Waals surface area contributed by atoms with E-state index in [1.165, 1.54) is 4.90 Å². The monoisotopic (exact) mass is 279 g/mol. The van der Waals surface area contributed by atoms with Gasteiger partial charge in [0.25, 0.3) is 5.56 Å². The molecule has 1 unspecified atom stereocenters. The van der Waals surface area contributed by atoms with Crippen LogP contribution in [0.4, 0.5) is 4.79 Å². The molecule has 1 saturated heterocycles. The molecule has 1 aromatic heterocycles. The van der Waals surface area contributed by atoms with Crippen molar-refractivity contribution in [2.24, 2.45) is 0 Å². The summed E-state index contributed by atoms with van der Waals surface area (Å²) in [5.41, 5.74) is 0.490. The average Bonchev–Trinajstić information content (AvgIpc) is 2.43. The third-order valence-corrected chi connectivity index (χ3v) is 3.62. The second kappa shape index (κ2) is 5.90. The molecule has 20 heavy (non-hydrogen) atoms. The van der Waals surface area contributed by atoms with Gasteiger partial charge in [0.1, 0.15) is 0 Å². The Balaban J connectivity index is 0.00000220. The first-order valence-electron chi connectivity index (χ1n) is 6.81. The maximum absolute atomic E-state index is 12.4. The van der Waals surface area contributed by atoms with E-state index in [0.29, 0.717) is 12.1 Å². The summed E-state index contributed by atoms with van der Waals surface area (Å²) in [5.74, 6) is -0.267. The molecule has 0 aromatic carbocycles. The zero-order valence-electron chi connectivity index (χ0n) is 11.8. The van der Waals surface area contributed by atoms with Crippen LogP contribution >= 0.6 is 0 Å². The number of carbonyl (C=O) groups is 2. The lowest BCUT2D eigenvalue weighted by molar-refractivity contribution is -0.121. The first kappa shape index (κ1) is 14.3. The summed E-state index contributed by atoms with van der Waals surface area (Å²) in [6, 6.07) is 3.24. The quantitative estimate of drug-likeness (QED) is 0.908. The molecule has 1 fully saturated rings. The molecule has 1 atom stereocenters. The van der Waals surface area contributed by atoms with E-state index in [2.05, 4.69) is 5.32 Å². The summed E-state index contributed by atoms with van der Waals surface area (Å²) in [4.78, 5) is 36.6. The number of rotatable bonds is 4. The Labute approximate surface area is 118 Å². The highest BCUT2D eigenvalue weighted by Crippen LogP contribution is 2.09. The molecule has 0 aliphatic carbocycles. The summed E-state index contributed by atoms with van der Waals surface area (Å²) in [6.45, 7) is 4.59. The fourth-order valence-corrected chi connectivity index (χ4v) is 2.18. The van der Waals surface area contributed by atoms with Gasteiger partial charge >= 0.3 is 6.03 Å². The van der Waals surface area contributed by atoms with Crippen LogP contribution in [0.3, 0.4) is 0 Å². The average molecular weight is 279 g/mol. The lowest BCUT2D eigenvalue weighted by Gasteiger charge is -2.26. The highest BCUT2D eigenvalue weighted by molar-refractivity contribution is 5.96. The van der Waals surface area contributed by atoms with Crippen molar-refractivity contribution in [3.63, 3.8) is 0 Å². The van der Waals surface area contributed by atoms with Gasteiger partial charge in [-0.05, 0) is 19.4 Å². The normalized spacial score (nSPS) is 17.0. The third-order valence-electron chi connectivity index (χ3n) is 3.62. The first-order chi connectivity index (χ1) is 9.52. The van der Waals surface area contributed by atoms with E-state index in [-0.39, 0.29) is 31.9 Å². The molecule has 1 aliphatic heterocycles. The molecular weight excluding hydrogens is 258 g/mol. The van der Waals surface area contributed by atoms with Crippen LogP contribution in [-0.4, -0.2) is 28.0 Å². The van der Waals surface area contributed by atoms with Gasteiger partial charge in [0.05, 0.1) is 6.54 Å². The lowest BCUT2D eigenvalue weighted by atomic mass is 10.2. The Morgan fingerprint density at radius 1 is 1.40 bits per heavy atom. The van der Waals surface area contributed by atoms with Crippen molar-refractivity contribution in [2.45, 2.75) is 39.3 Å². The maximum atomic E-state index is 12.4. The molecule has 0 bridgehead atoms. The summed E-state index contributed by atoms with van der Waals surface area (Å²) >= 11 is 0. The number of hydrogen-bond acceptors (Lipinski definition) is 3. The minimum atomic E-state index is -0.431. The summed E-state index contributed by atoms with van der Waals surface area (Å²) < 4.78 is 1.68. The van der Waals surface area contributed by atoms with Crippen LogP contribution in [0.15, 0.2) is 23.1 Å². The summed E-state index contributed by atoms with van der Waals surface area (Å²) in [6.07, 6.45) is 2.90. The van der Waals surface area contributed by atoms with Crippen LogP contribution in [0, 0.1) is 0 Å². The van der Waals surface area contributed by atoms with Gasteiger partial charge in [0.15, 0.2) is 0 Å². The molecule has 1 aliphatic rings. The van der Waals surface area contributed by atoms with Crippen molar-refractivity contribution >= 4 is 11.9 Å². The Morgan fingerprint density at radius 3 is 2.80 bits per heavy atom. The van der Waals surface area contributed by atoms with Crippen LogP contribution in [-0.2, 0) is 11.3 Å². The Morgan fingerprint density at radius 2 is 2.15 bits per heavy atom. The molecule has 2 heterocycles. The van der Waals surface area contributed by atoms with Gasteiger partial charge in [0, 0.05) is 32.2 Å². The van der Waals surface area contributed by atoms with E-state index in [9.17, 15) is 14.4 Å². The number of hydrogen-bond donors (Lipinski definition) is 1. The number of aromatic nitrogens is 1. The van der Waals surface area contributed by atoms with Crippen LogP contribution in [0.2, 0.25) is 0 Å². The molecule has 2 rings (SSSR count). The molecule has 3 amide bonds. The molecule has 0 spiro atoms. The summed E-state index contributed by atoms with van der Waals surface area (Å²) in [7, 11) is 0. The van der Waals surface area contributed by atoms with E-state index in [4.69, 9.17) is 0 Å². The van der Waals surface area contributed by atoms with E-state index in [0.717, 1.165) is 6.42 Å². The smallest absolute Gasteiger partial charge is 0.319 e.